The molecule has 0 aliphatic rings. The van der Waals surface area contributed by atoms with Crippen molar-refractivity contribution in [1.82, 2.24) is 4.98 Å². The summed E-state index contributed by atoms with van der Waals surface area (Å²) in [6.45, 7) is 2.87. The molecule has 0 spiro atoms. The minimum atomic E-state index is -0.351. The number of primary amides is 1. The van der Waals surface area contributed by atoms with E-state index in [9.17, 15) is 4.79 Å². The minimum Gasteiger partial charge on any atom is -0.398 e. The van der Waals surface area contributed by atoms with Gasteiger partial charge in [0.05, 0.1) is 6.54 Å². The molecule has 0 bridgehead atoms. The van der Waals surface area contributed by atoms with Crippen molar-refractivity contribution in [3.05, 3.63) is 30.6 Å². The molecule has 5 heteroatoms. The van der Waals surface area contributed by atoms with Crippen LogP contribution in [0.3, 0.4) is 0 Å². The Morgan fingerprint density at radius 3 is 2.78 bits per heavy atom. The number of nitrogen functional groups attached to an aromatic ring is 1. The molecule has 0 fully saturated rings. The van der Waals surface area contributed by atoms with Crippen molar-refractivity contribution in [2.75, 3.05) is 23.7 Å². The largest absolute Gasteiger partial charge is 0.398 e. The van der Waals surface area contributed by atoms with Crippen LogP contribution < -0.4 is 16.4 Å². The third kappa shape index (κ3) is 2.20. The molecule has 0 saturated carbocycles. The zero-order valence-corrected chi connectivity index (χ0v) is 10.3. The smallest absolute Gasteiger partial charge is 0.236 e. The molecular weight excluding hydrogens is 228 g/mol. The fourth-order valence-electron chi connectivity index (χ4n) is 2.03. The van der Waals surface area contributed by atoms with E-state index in [4.69, 9.17) is 11.5 Å². The standard InChI is InChI=1S/C13H16N4O/c1-2-17(8-13(15)18)12-4-3-11(14)10-7-16-6-5-9(10)12/h3-7H,2,8,14H2,1H3,(H2,15,18). The fraction of sp³-hybridized carbons (Fsp3) is 0.231. The summed E-state index contributed by atoms with van der Waals surface area (Å²) in [4.78, 5) is 17.1. The molecule has 2 rings (SSSR count). The van der Waals surface area contributed by atoms with Gasteiger partial charge in [0.15, 0.2) is 0 Å². The van der Waals surface area contributed by atoms with Crippen LogP contribution in [0.1, 0.15) is 6.92 Å². The first-order chi connectivity index (χ1) is 8.63. The third-order valence-electron chi connectivity index (χ3n) is 2.90. The second-order valence-corrected chi connectivity index (χ2v) is 4.08. The Hall–Kier alpha value is -2.30. The highest BCUT2D eigenvalue weighted by atomic mass is 16.1. The van der Waals surface area contributed by atoms with Gasteiger partial charge in [-0.05, 0) is 25.1 Å². The second kappa shape index (κ2) is 4.91. The summed E-state index contributed by atoms with van der Waals surface area (Å²) in [5, 5.41) is 1.87. The lowest BCUT2D eigenvalue weighted by atomic mass is 10.1. The quantitative estimate of drug-likeness (QED) is 0.789. The molecule has 2 aromatic rings. The first-order valence-electron chi connectivity index (χ1n) is 5.79. The molecule has 1 amide bonds. The molecule has 1 heterocycles. The third-order valence-corrected chi connectivity index (χ3v) is 2.90. The normalized spacial score (nSPS) is 10.5. The molecule has 94 valence electrons. The van der Waals surface area contributed by atoms with Gasteiger partial charge < -0.3 is 16.4 Å². The Labute approximate surface area is 105 Å². The average molecular weight is 244 g/mol. The number of pyridine rings is 1. The van der Waals surface area contributed by atoms with E-state index < -0.39 is 0 Å². The predicted molar refractivity (Wildman–Crippen MR) is 73.2 cm³/mol. The number of nitrogens with two attached hydrogens (primary N) is 2. The van der Waals surface area contributed by atoms with Gasteiger partial charge >= 0.3 is 0 Å². The molecule has 0 unspecified atom stereocenters. The Balaban J connectivity index is 2.56. The number of carbonyl (C=O) groups is 1. The van der Waals surface area contributed by atoms with Crippen LogP contribution in [0.2, 0.25) is 0 Å². The molecule has 0 aliphatic carbocycles. The van der Waals surface area contributed by atoms with Gasteiger partial charge in [0.2, 0.25) is 5.91 Å². The van der Waals surface area contributed by atoms with Gasteiger partial charge in [-0.25, -0.2) is 0 Å². The number of hydrogen-bond acceptors (Lipinski definition) is 4. The Kier molecular flexibility index (Phi) is 3.32. The van der Waals surface area contributed by atoms with E-state index in [1.165, 1.54) is 0 Å². The lowest BCUT2D eigenvalue weighted by Gasteiger charge is -2.23. The molecule has 0 aliphatic heterocycles. The zero-order valence-electron chi connectivity index (χ0n) is 10.3. The fourth-order valence-corrected chi connectivity index (χ4v) is 2.03. The number of nitrogens with zero attached hydrogens (tertiary/aromatic N) is 2. The van der Waals surface area contributed by atoms with E-state index in [0.29, 0.717) is 12.2 Å². The zero-order chi connectivity index (χ0) is 13.1. The Morgan fingerprint density at radius 2 is 2.11 bits per heavy atom. The topological polar surface area (TPSA) is 85.2 Å². The maximum Gasteiger partial charge on any atom is 0.236 e. The monoisotopic (exact) mass is 244 g/mol. The number of benzene rings is 1. The van der Waals surface area contributed by atoms with Gasteiger partial charge in [0, 0.05) is 41.1 Å². The van der Waals surface area contributed by atoms with E-state index in [1.54, 1.807) is 12.4 Å². The van der Waals surface area contributed by atoms with Crippen LogP contribution in [0.25, 0.3) is 10.8 Å². The molecule has 1 aromatic carbocycles. The van der Waals surface area contributed by atoms with Crippen molar-refractivity contribution in [3.63, 3.8) is 0 Å². The summed E-state index contributed by atoms with van der Waals surface area (Å²) in [6.07, 6.45) is 3.44. The number of anilines is 2. The predicted octanol–water partition coefficient (Wildman–Crippen LogP) is 1.13. The number of hydrogen-bond donors (Lipinski definition) is 2. The highest BCUT2D eigenvalue weighted by Gasteiger charge is 2.11. The molecule has 18 heavy (non-hydrogen) atoms. The van der Waals surface area contributed by atoms with E-state index in [-0.39, 0.29) is 12.5 Å². The SMILES string of the molecule is CCN(CC(N)=O)c1ccc(N)c2cnccc12. The summed E-state index contributed by atoms with van der Waals surface area (Å²) in [5.74, 6) is -0.351. The molecule has 1 aromatic heterocycles. The van der Waals surface area contributed by atoms with Crippen LogP contribution in [-0.2, 0) is 4.79 Å². The second-order valence-electron chi connectivity index (χ2n) is 4.08. The number of aromatic nitrogens is 1. The first kappa shape index (κ1) is 12.2. The van der Waals surface area contributed by atoms with Gasteiger partial charge in [-0.15, -0.1) is 0 Å². The van der Waals surface area contributed by atoms with Gasteiger partial charge in [-0.1, -0.05) is 0 Å². The van der Waals surface area contributed by atoms with Gasteiger partial charge in [0.25, 0.3) is 0 Å². The maximum atomic E-state index is 11.1. The number of fused-ring (bicyclic) bond motifs is 1. The summed E-state index contributed by atoms with van der Waals surface area (Å²) in [6, 6.07) is 5.62. The number of carbonyl (C=O) groups excluding carboxylic acids is 1. The minimum absolute atomic E-state index is 0.192. The molecule has 0 atom stereocenters. The van der Waals surface area contributed by atoms with Crippen molar-refractivity contribution in [3.8, 4) is 0 Å². The van der Waals surface area contributed by atoms with Crippen molar-refractivity contribution in [2.24, 2.45) is 5.73 Å². The summed E-state index contributed by atoms with van der Waals surface area (Å²) >= 11 is 0. The van der Waals surface area contributed by atoms with Crippen molar-refractivity contribution in [1.29, 1.82) is 0 Å². The number of amides is 1. The highest BCUT2D eigenvalue weighted by molar-refractivity contribution is 6.01. The number of rotatable bonds is 4. The first-order valence-corrected chi connectivity index (χ1v) is 5.79. The van der Waals surface area contributed by atoms with Gasteiger partial charge in [-0.3, -0.25) is 9.78 Å². The summed E-state index contributed by atoms with van der Waals surface area (Å²) < 4.78 is 0. The lowest BCUT2D eigenvalue weighted by Crippen LogP contribution is -2.33. The van der Waals surface area contributed by atoms with E-state index >= 15 is 0 Å². The highest BCUT2D eigenvalue weighted by Crippen LogP contribution is 2.29. The number of likely N-dealkylation sites (N-methyl/N-ethyl adjacent to an activating group) is 1. The van der Waals surface area contributed by atoms with Crippen LogP contribution in [0.5, 0.6) is 0 Å². The average Bonchev–Trinajstić information content (AvgIpc) is 2.37. The van der Waals surface area contributed by atoms with Crippen LogP contribution in [-0.4, -0.2) is 24.0 Å². The summed E-state index contributed by atoms with van der Waals surface area (Å²) in [7, 11) is 0. The van der Waals surface area contributed by atoms with Crippen molar-refractivity contribution >= 4 is 28.1 Å². The molecule has 4 N–H and O–H groups in total. The lowest BCUT2D eigenvalue weighted by molar-refractivity contribution is -0.116. The van der Waals surface area contributed by atoms with Gasteiger partial charge in [0.1, 0.15) is 0 Å². The van der Waals surface area contributed by atoms with E-state index in [2.05, 4.69) is 4.98 Å². The van der Waals surface area contributed by atoms with Crippen LogP contribution in [0.15, 0.2) is 30.6 Å². The molecule has 0 radical (unpaired) electrons. The van der Waals surface area contributed by atoms with Gasteiger partial charge in [-0.2, -0.15) is 0 Å². The maximum absolute atomic E-state index is 11.1. The van der Waals surface area contributed by atoms with E-state index in [1.807, 2.05) is 30.0 Å². The molecular formula is C13H16N4O. The Bertz CT molecular complexity index is 582. The van der Waals surface area contributed by atoms with Crippen molar-refractivity contribution in [2.45, 2.75) is 6.92 Å². The van der Waals surface area contributed by atoms with E-state index in [0.717, 1.165) is 16.5 Å². The van der Waals surface area contributed by atoms with Crippen LogP contribution >= 0.6 is 0 Å². The molecule has 0 saturated heterocycles. The molecule has 5 nitrogen and oxygen atoms in total. The van der Waals surface area contributed by atoms with Crippen LogP contribution in [0.4, 0.5) is 11.4 Å². The van der Waals surface area contributed by atoms with Crippen molar-refractivity contribution < 1.29 is 4.79 Å². The Morgan fingerprint density at radius 1 is 1.33 bits per heavy atom. The summed E-state index contributed by atoms with van der Waals surface area (Å²) in [5.41, 5.74) is 12.8. The van der Waals surface area contributed by atoms with Crippen LogP contribution in [0, 0.1) is 0 Å².